The van der Waals surface area contributed by atoms with Crippen LogP contribution in [0.15, 0.2) is 53.4 Å². The van der Waals surface area contributed by atoms with Gasteiger partial charge < -0.3 is 10.2 Å². The zero-order valence-corrected chi connectivity index (χ0v) is 21.3. The highest BCUT2D eigenvalue weighted by molar-refractivity contribution is 7.89. The van der Waals surface area contributed by atoms with Crippen molar-refractivity contribution in [2.24, 2.45) is 0 Å². The van der Waals surface area contributed by atoms with Crippen LogP contribution in [0.4, 0.5) is 0 Å². The predicted molar refractivity (Wildman–Crippen MR) is 131 cm³/mol. The molecule has 1 N–H and O–H groups in total. The van der Waals surface area contributed by atoms with Crippen LogP contribution in [-0.2, 0) is 26.2 Å². The van der Waals surface area contributed by atoms with Gasteiger partial charge in [-0.25, -0.2) is 12.7 Å². The molecule has 0 unspecified atom stereocenters. The molecule has 2 aromatic rings. The summed E-state index contributed by atoms with van der Waals surface area (Å²) >= 11 is 12.2. The first-order valence-electron chi connectivity index (χ1n) is 10.6. The Balaban J connectivity index is 2.10. The average Bonchev–Trinajstić information content (AvgIpc) is 2.78. The van der Waals surface area contributed by atoms with Crippen molar-refractivity contribution >= 4 is 45.0 Å². The van der Waals surface area contributed by atoms with Crippen LogP contribution >= 0.6 is 23.2 Å². The summed E-state index contributed by atoms with van der Waals surface area (Å²) < 4.78 is 26.6. The first-order chi connectivity index (χ1) is 15.6. The Morgan fingerprint density at radius 2 is 1.76 bits per heavy atom. The van der Waals surface area contributed by atoms with E-state index < -0.39 is 16.1 Å². The molecular weight excluding hydrogens is 485 g/mol. The normalized spacial score (nSPS) is 12.4. The number of carbonyl (C=O) groups excluding carboxylic acids is 2. The number of likely N-dealkylation sites (N-methyl/N-ethyl adjacent to an activating group) is 1. The highest BCUT2D eigenvalue weighted by Gasteiger charge is 2.27. The number of nitrogens with one attached hydrogen (secondary N) is 1. The Morgan fingerprint density at radius 3 is 2.36 bits per heavy atom. The molecule has 7 nitrogen and oxygen atoms in total. The summed E-state index contributed by atoms with van der Waals surface area (Å²) in [7, 11) is -2.16. The van der Waals surface area contributed by atoms with Crippen LogP contribution in [0.3, 0.4) is 0 Å². The lowest BCUT2D eigenvalue weighted by Gasteiger charge is -2.29. The molecule has 180 valence electrons. The Morgan fingerprint density at radius 1 is 1.09 bits per heavy atom. The topological polar surface area (TPSA) is 86.8 Å². The van der Waals surface area contributed by atoms with E-state index in [4.69, 9.17) is 23.2 Å². The van der Waals surface area contributed by atoms with Crippen LogP contribution in [0.25, 0.3) is 0 Å². The summed E-state index contributed by atoms with van der Waals surface area (Å²) in [5.74, 6) is -0.551. The standard InChI is InChI=1S/C23H29Cl2N3O4S/c1-4-26-23(30)17(2)28(16-18-12-13-19(24)15-21(18)25)22(29)11-8-14-27(3)33(31,32)20-9-6-5-7-10-20/h5-7,9-10,12-13,15,17H,4,8,11,14,16H2,1-3H3,(H,26,30)/t17-/m1/s1. The monoisotopic (exact) mass is 513 g/mol. The molecule has 0 aromatic heterocycles. The van der Waals surface area contributed by atoms with Crippen molar-refractivity contribution in [2.75, 3.05) is 20.1 Å². The van der Waals surface area contributed by atoms with Gasteiger partial charge in [-0.05, 0) is 50.1 Å². The minimum atomic E-state index is -3.64. The number of rotatable bonds is 11. The molecule has 0 saturated carbocycles. The van der Waals surface area contributed by atoms with Crippen molar-refractivity contribution in [3.05, 3.63) is 64.1 Å². The zero-order valence-electron chi connectivity index (χ0n) is 18.9. The predicted octanol–water partition coefficient (Wildman–Crippen LogP) is 3.95. The third-order valence-corrected chi connectivity index (χ3v) is 7.65. The van der Waals surface area contributed by atoms with Crippen molar-refractivity contribution in [3.63, 3.8) is 0 Å². The number of carbonyl (C=O) groups is 2. The van der Waals surface area contributed by atoms with Gasteiger partial charge in [0.1, 0.15) is 6.04 Å². The smallest absolute Gasteiger partial charge is 0.242 e. The van der Waals surface area contributed by atoms with Gasteiger partial charge in [-0.3, -0.25) is 9.59 Å². The SMILES string of the molecule is CCNC(=O)[C@@H](C)N(Cc1ccc(Cl)cc1Cl)C(=O)CCCN(C)S(=O)(=O)c1ccccc1. The van der Waals surface area contributed by atoms with Gasteiger partial charge in [-0.2, -0.15) is 0 Å². The third-order valence-electron chi connectivity index (χ3n) is 5.19. The number of amides is 2. The van der Waals surface area contributed by atoms with Crippen LogP contribution in [0, 0.1) is 0 Å². The van der Waals surface area contributed by atoms with E-state index in [-0.39, 0.29) is 36.2 Å². The molecule has 0 saturated heterocycles. The van der Waals surface area contributed by atoms with Gasteiger partial charge in [0, 0.05) is 43.1 Å². The van der Waals surface area contributed by atoms with E-state index in [1.807, 2.05) is 0 Å². The zero-order chi connectivity index (χ0) is 24.6. The maximum atomic E-state index is 13.1. The van der Waals surface area contributed by atoms with Crippen molar-refractivity contribution in [3.8, 4) is 0 Å². The summed E-state index contributed by atoms with van der Waals surface area (Å²) in [4.78, 5) is 27.2. The number of halogens is 2. The van der Waals surface area contributed by atoms with Crippen molar-refractivity contribution in [1.29, 1.82) is 0 Å². The quantitative estimate of drug-likeness (QED) is 0.492. The minimum absolute atomic E-state index is 0.0730. The van der Waals surface area contributed by atoms with Crippen molar-refractivity contribution in [2.45, 2.75) is 44.2 Å². The largest absolute Gasteiger partial charge is 0.355 e. The summed E-state index contributed by atoms with van der Waals surface area (Å²) in [6.45, 7) is 4.18. The molecule has 0 bridgehead atoms. The van der Waals surface area contributed by atoms with E-state index in [9.17, 15) is 18.0 Å². The van der Waals surface area contributed by atoms with Crippen LogP contribution in [0.2, 0.25) is 10.0 Å². The van der Waals surface area contributed by atoms with Crippen molar-refractivity contribution < 1.29 is 18.0 Å². The van der Waals surface area contributed by atoms with Gasteiger partial charge in [-0.1, -0.05) is 47.5 Å². The molecule has 33 heavy (non-hydrogen) atoms. The van der Waals surface area contributed by atoms with Crippen LogP contribution < -0.4 is 5.32 Å². The van der Waals surface area contributed by atoms with E-state index in [1.54, 1.807) is 50.2 Å². The van der Waals surface area contributed by atoms with Crippen LogP contribution in [0.5, 0.6) is 0 Å². The fourth-order valence-corrected chi connectivity index (χ4v) is 4.93. The van der Waals surface area contributed by atoms with Crippen LogP contribution in [-0.4, -0.2) is 55.6 Å². The summed E-state index contributed by atoms with van der Waals surface area (Å²) in [5.41, 5.74) is 0.661. The molecule has 1 atom stereocenters. The summed E-state index contributed by atoms with van der Waals surface area (Å²) in [6, 6.07) is 12.4. The van der Waals surface area contributed by atoms with Gasteiger partial charge in [0.15, 0.2) is 0 Å². The number of benzene rings is 2. The maximum absolute atomic E-state index is 13.1. The maximum Gasteiger partial charge on any atom is 0.242 e. The van der Waals surface area contributed by atoms with E-state index >= 15 is 0 Å². The Kier molecular flexibility index (Phi) is 10.2. The van der Waals surface area contributed by atoms with Crippen molar-refractivity contribution in [1.82, 2.24) is 14.5 Å². The molecule has 2 aromatic carbocycles. The first-order valence-corrected chi connectivity index (χ1v) is 12.8. The van der Waals surface area contributed by atoms with E-state index in [0.717, 1.165) is 0 Å². The number of sulfonamides is 1. The van der Waals surface area contributed by atoms with E-state index in [2.05, 4.69) is 5.32 Å². The fourth-order valence-electron chi connectivity index (χ4n) is 3.23. The highest BCUT2D eigenvalue weighted by atomic mass is 35.5. The lowest BCUT2D eigenvalue weighted by Crippen LogP contribution is -2.47. The van der Waals surface area contributed by atoms with Gasteiger partial charge >= 0.3 is 0 Å². The first kappa shape index (κ1) is 27.1. The summed E-state index contributed by atoms with van der Waals surface area (Å²) in [5, 5.41) is 3.60. The van der Waals surface area contributed by atoms with Gasteiger partial charge in [-0.15, -0.1) is 0 Å². The Bertz CT molecular complexity index is 1060. The number of hydrogen-bond acceptors (Lipinski definition) is 4. The molecule has 2 amide bonds. The van der Waals surface area contributed by atoms with Gasteiger partial charge in [0.05, 0.1) is 4.90 Å². The lowest BCUT2D eigenvalue weighted by molar-refractivity contribution is -0.140. The molecule has 0 fully saturated rings. The second-order valence-corrected chi connectivity index (χ2v) is 10.5. The molecule has 0 aliphatic carbocycles. The number of nitrogens with zero attached hydrogens (tertiary/aromatic N) is 2. The second kappa shape index (κ2) is 12.4. The van der Waals surface area contributed by atoms with Crippen LogP contribution in [0.1, 0.15) is 32.3 Å². The Hall–Kier alpha value is -2.13. The molecule has 0 radical (unpaired) electrons. The van der Waals surface area contributed by atoms with Gasteiger partial charge in [0.25, 0.3) is 0 Å². The second-order valence-electron chi connectivity index (χ2n) is 7.57. The molecule has 0 aliphatic rings. The lowest BCUT2D eigenvalue weighted by atomic mass is 10.1. The molecule has 2 rings (SSSR count). The van der Waals surface area contributed by atoms with E-state index in [1.165, 1.54) is 28.4 Å². The number of hydrogen-bond donors (Lipinski definition) is 1. The molecule has 0 spiro atoms. The third kappa shape index (κ3) is 7.43. The van der Waals surface area contributed by atoms with E-state index in [0.29, 0.717) is 28.6 Å². The average molecular weight is 514 g/mol. The highest BCUT2D eigenvalue weighted by Crippen LogP contribution is 2.24. The molecule has 10 heteroatoms. The van der Waals surface area contributed by atoms with Gasteiger partial charge in [0.2, 0.25) is 21.8 Å². The molecule has 0 aliphatic heterocycles. The minimum Gasteiger partial charge on any atom is -0.355 e. The Labute approximate surface area is 205 Å². The summed E-state index contributed by atoms with van der Waals surface area (Å²) in [6.07, 6.45) is 0.373. The molecular formula is C23H29Cl2N3O4S. The molecule has 0 heterocycles. The fraction of sp³-hybridized carbons (Fsp3) is 0.391.